The summed E-state index contributed by atoms with van der Waals surface area (Å²) in [6.07, 6.45) is -0.288. The van der Waals surface area contributed by atoms with Gasteiger partial charge in [-0.3, -0.25) is 10.1 Å². The topological polar surface area (TPSA) is 151 Å². The van der Waals surface area contributed by atoms with Crippen LogP contribution in [0.25, 0.3) is 0 Å². The minimum atomic E-state index is -4.69. The molecule has 2 aromatic rings. The maximum absolute atomic E-state index is 13.3. The number of nitrogens with one attached hydrogen (secondary N) is 3. The second-order valence-corrected chi connectivity index (χ2v) is 13.3. The number of ketones is 1. The molecule has 1 aliphatic carbocycles. The van der Waals surface area contributed by atoms with Crippen LogP contribution in [0.4, 0.5) is 28.8 Å². The number of hydrogen-bond donors (Lipinski definition) is 3. The number of benzene rings is 1. The zero-order valence-electron chi connectivity index (χ0n) is 19.1. The van der Waals surface area contributed by atoms with Crippen molar-refractivity contribution in [3.05, 3.63) is 35.0 Å². The van der Waals surface area contributed by atoms with Gasteiger partial charge in [-0.25, -0.2) is 31.3 Å². The molecular weight excluding hydrogens is 545 g/mol. The van der Waals surface area contributed by atoms with Gasteiger partial charge in [0.05, 0.1) is 29.7 Å². The lowest BCUT2D eigenvalue weighted by Gasteiger charge is -2.16. The van der Waals surface area contributed by atoms with Crippen LogP contribution in [0, 0.1) is 5.92 Å². The molecule has 0 bridgehead atoms. The molecule has 1 aliphatic rings. The number of alkyl halides is 3. The lowest BCUT2D eigenvalue weighted by molar-refractivity contribution is -0.137. The van der Waals surface area contributed by atoms with Gasteiger partial charge in [0.25, 0.3) is 0 Å². The molecule has 0 spiro atoms. The summed E-state index contributed by atoms with van der Waals surface area (Å²) in [6.45, 7) is -0.444. The van der Waals surface area contributed by atoms with Crippen LogP contribution < -0.4 is 15.4 Å². The van der Waals surface area contributed by atoms with E-state index in [4.69, 9.17) is 0 Å². The van der Waals surface area contributed by atoms with Gasteiger partial charge in [-0.15, -0.1) is 0 Å². The van der Waals surface area contributed by atoms with Gasteiger partial charge in [-0.2, -0.15) is 13.2 Å². The van der Waals surface area contributed by atoms with Crippen molar-refractivity contribution in [3.8, 4) is 0 Å². The average molecular weight is 569 g/mol. The molecule has 0 radical (unpaired) electrons. The Morgan fingerprint density at radius 1 is 1.08 bits per heavy atom. The minimum Gasteiger partial charge on any atom is -0.307 e. The molecule has 3 N–H and O–H groups in total. The molecule has 0 saturated heterocycles. The maximum atomic E-state index is 13.3. The monoisotopic (exact) mass is 568 g/mol. The summed E-state index contributed by atoms with van der Waals surface area (Å²) in [5.74, 6) is -0.949. The van der Waals surface area contributed by atoms with Gasteiger partial charge in [0.1, 0.15) is 4.21 Å². The van der Waals surface area contributed by atoms with Crippen LogP contribution in [-0.2, 0) is 32.6 Å². The molecule has 16 heteroatoms. The number of nitrogens with zero attached hydrogens (tertiary/aromatic N) is 1. The van der Waals surface area contributed by atoms with Crippen LogP contribution in [0.3, 0.4) is 0 Å². The molecule has 1 aromatic carbocycles. The van der Waals surface area contributed by atoms with Gasteiger partial charge in [0.2, 0.25) is 10.0 Å². The molecule has 198 valence electrons. The standard InChI is InChI=1S/C20H23F3N4O6S3/c1-35(30,31)17-15(10-24-36(2,32)33)26-19(34-17)27-18(29)25-14-8-7-12(20(21,22)23)9-13(14)16(28)11-5-3-4-6-11/h7-9,11,24H,3-6,10H2,1-2H3,(H2,25,26,27,29). The van der Waals surface area contributed by atoms with E-state index in [9.17, 15) is 39.6 Å². The third-order valence-corrected chi connectivity index (χ3v) is 8.85. The smallest absolute Gasteiger partial charge is 0.307 e. The Labute approximate surface area is 209 Å². The fourth-order valence-electron chi connectivity index (χ4n) is 3.68. The molecule has 36 heavy (non-hydrogen) atoms. The summed E-state index contributed by atoms with van der Waals surface area (Å²) in [7, 11) is -7.49. The van der Waals surface area contributed by atoms with Crippen LogP contribution in [-0.4, -0.2) is 46.1 Å². The molecule has 1 fully saturated rings. The number of amides is 2. The van der Waals surface area contributed by atoms with Crippen LogP contribution in [0.1, 0.15) is 47.3 Å². The van der Waals surface area contributed by atoms with Crippen LogP contribution >= 0.6 is 11.3 Å². The number of aromatic nitrogens is 1. The number of halogens is 3. The van der Waals surface area contributed by atoms with E-state index in [0.29, 0.717) is 30.2 Å². The Morgan fingerprint density at radius 2 is 1.72 bits per heavy atom. The number of carbonyl (C=O) groups is 2. The largest absolute Gasteiger partial charge is 0.416 e. The Kier molecular flexibility index (Phi) is 8.12. The Hall–Kier alpha value is -2.56. The van der Waals surface area contributed by atoms with Gasteiger partial charge >= 0.3 is 12.2 Å². The maximum Gasteiger partial charge on any atom is 0.416 e. The number of anilines is 2. The van der Waals surface area contributed by atoms with E-state index in [1.165, 1.54) is 0 Å². The predicted molar refractivity (Wildman–Crippen MR) is 127 cm³/mol. The highest BCUT2D eigenvalue weighted by Crippen LogP contribution is 2.35. The van der Waals surface area contributed by atoms with Gasteiger partial charge in [-0.05, 0) is 31.0 Å². The quantitative estimate of drug-likeness (QED) is 0.411. The van der Waals surface area contributed by atoms with Gasteiger partial charge in [0, 0.05) is 17.7 Å². The third-order valence-electron chi connectivity index (χ3n) is 5.31. The highest BCUT2D eigenvalue weighted by atomic mass is 32.2. The second kappa shape index (κ2) is 10.4. The number of carbonyl (C=O) groups excluding carboxylic acids is 2. The van der Waals surface area contributed by atoms with E-state index >= 15 is 0 Å². The van der Waals surface area contributed by atoms with Crippen LogP contribution in [0.5, 0.6) is 0 Å². The number of Topliss-reactive ketones (excluding diaryl/α,β-unsaturated/α-hetero) is 1. The molecule has 0 atom stereocenters. The highest BCUT2D eigenvalue weighted by molar-refractivity contribution is 7.93. The van der Waals surface area contributed by atoms with Crippen LogP contribution in [0.15, 0.2) is 22.4 Å². The first-order valence-electron chi connectivity index (χ1n) is 10.5. The predicted octanol–water partition coefficient (Wildman–Crippen LogP) is 3.63. The second-order valence-electron chi connectivity index (χ2n) is 8.30. The van der Waals surface area contributed by atoms with Crippen molar-refractivity contribution in [1.29, 1.82) is 0 Å². The van der Waals surface area contributed by atoms with Gasteiger partial charge in [-0.1, -0.05) is 24.2 Å². The van der Waals surface area contributed by atoms with E-state index in [-0.39, 0.29) is 26.3 Å². The number of urea groups is 1. The highest BCUT2D eigenvalue weighted by Gasteiger charge is 2.33. The number of sulfone groups is 1. The number of rotatable bonds is 8. The molecule has 10 nitrogen and oxygen atoms in total. The van der Waals surface area contributed by atoms with Crippen molar-refractivity contribution in [2.45, 2.75) is 42.6 Å². The minimum absolute atomic E-state index is 0.142. The van der Waals surface area contributed by atoms with E-state index < -0.39 is 55.9 Å². The molecule has 2 amide bonds. The Bertz CT molecular complexity index is 1380. The lowest BCUT2D eigenvalue weighted by atomic mass is 9.93. The molecule has 0 unspecified atom stereocenters. The molecular formula is C20H23F3N4O6S3. The fourth-order valence-corrected chi connectivity index (χ4v) is 6.18. The first-order chi connectivity index (χ1) is 16.5. The summed E-state index contributed by atoms with van der Waals surface area (Å²) >= 11 is 0.571. The summed E-state index contributed by atoms with van der Waals surface area (Å²) in [6, 6.07) is 1.44. The van der Waals surface area contributed by atoms with Crippen molar-refractivity contribution < 1.29 is 39.6 Å². The molecule has 1 saturated carbocycles. The zero-order chi connectivity index (χ0) is 26.9. The average Bonchev–Trinajstić information content (AvgIpc) is 3.40. The van der Waals surface area contributed by atoms with E-state index in [1.54, 1.807) is 0 Å². The van der Waals surface area contributed by atoms with Crippen molar-refractivity contribution in [3.63, 3.8) is 0 Å². The van der Waals surface area contributed by atoms with Crippen molar-refractivity contribution in [1.82, 2.24) is 9.71 Å². The fraction of sp³-hybridized carbons (Fsp3) is 0.450. The van der Waals surface area contributed by atoms with E-state index in [0.717, 1.165) is 37.5 Å². The Morgan fingerprint density at radius 3 is 2.28 bits per heavy atom. The Balaban J connectivity index is 1.86. The zero-order valence-corrected chi connectivity index (χ0v) is 21.5. The first kappa shape index (κ1) is 28.0. The molecule has 3 rings (SSSR count). The molecule has 0 aliphatic heterocycles. The van der Waals surface area contributed by atoms with E-state index in [1.807, 2.05) is 0 Å². The normalized spacial score (nSPS) is 15.1. The van der Waals surface area contributed by atoms with Crippen LogP contribution in [0.2, 0.25) is 0 Å². The van der Waals surface area contributed by atoms with Gasteiger partial charge < -0.3 is 5.32 Å². The third kappa shape index (κ3) is 7.24. The SMILES string of the molecule is CS(=O)(=O)NCc1nc(NC(=O)Nc2ccc(C(F)(F)F)cc2C(=O)C2CCCC2)sc1S(C)(=O)=O. The molecule has 1 heterocycles. The molecule has 1 aromatic heterocycles. The first-order valence-corrected chi connectivity index (χ1v) is 15.1. The lowest BCUT2D eigenvalue weighted by Crippen LogP contribution is -2.23. The van der Waals surface area contributed by atoms with Crippen molar-refractivity contribution in [2.75, 3.05) is 23.1 Å². The number of thiazole rings is 1. The summed E-state index contributed by atoms with van der Waals surface area (Å²) in [5.41, 5.74) is -1.59. The summed E-state index contributed by atoms with van der Waals surface area (Å²) < 4.78 is 88.4. The van der Waals surface area contributed by atoms with Gasteiger partial charge in [0.15, 0.2) is 20.8 Å². The number of hydrogen-bond acceptors (Lipinski definition) is 8. The summed E-state index contributed by atoms with van der Waals surface area (Å²) in [5, 5.41) is 4.42. The number of sulfonamides is 1. The van der Waals surface area contributed by atoms with Crippen molar-refractivity contribution in [2.24, 2.45) is 5.92 Å². The summed E-state index contributed by atoms with van der Waals surface area (Å²) in [4.78, 5) is 29.5. The van der Waals surface area contributed by atoms with Crippen molar-refractivity contribution >= 4 is 53.8 Å². The van der Waals surface area contributed by atoms with E-state index in [2.05, 4.69) is 20.3 Å².